The van der Waals surface area contributed by atoms with Gasteiger partial charge in [-0.3, -0.25) is 0 Å². The molecular formula is C12H14N4. The van der Waals surface area contributed by atoms with Gasteiger partial charge in [-0.2, -0.15) is 4.98 Å². The number of rotatable bonds is 2. The van der Waals surface area contributed by atoms with E-state index in [4.69, 9.17) is 5.73 Å². The van der Waals surface area contributed by atoms with Gasteiger partial charge in [0.25, 0.3) is 0 Å². The minimum atomic E-state index is 0.476. The van der Waals surface area contributed by atoms with Crippen molar-refractivity contribution in [3.63, 3.8) is 0 Å². The molecule has 0 bridgehead atoms. The van der Waals surface area contributed by atoms with Crippen LogP contribution in [-0.4, -0.2) is 17.0 Å². The van der Waals surface area contributed by atoms with Crippen molar-refractivity contribution in [2.24, 2.45) is 0 Å². The first-order chi connectivity index (χ1) is 7.66. The van der Waals surface area contributed by atoms with E-state index in [2.05, 4.69) is 29.0 Å². The molecule has 2 N–H and O–H groups in total. The van der Waals surface area contributed by atoms with Crippen LogP contribution in [0.3, 0.4) is 0 Å². The third-order valence-electron chi connectivity index (χ3n) is 2.35. The Bertz CT molecular complexity index is 450. The lowest BCUT2D eigenvalue weighted by Gasteiger charge is -2.17. The number of hydrogen-bond acceptors (Lipinski definition) is 4. The highest BCUT2D eigenvalue weighted by Crippen LogP contribution is 2.20. The van der Waals surface area contributed by atoms with Crippen molar-refractivity contribution in [2.75, 3.05) is 17.7 Å². The standard InChI is InChI=1S/C12H14N4/c1-9-4-3-5-10(8-9)16(2)12-14-7-6-11(13)15-12/h3-8H,1-2H3,(H2,13,14,15). The molecule has 0 atom stereocenters. The number of nitrogen functional groups attached to an aromatic ring is 1. The Morgan fingerprint density at radius 3 is 2.75 bits per heavy atom. The van der Waals surface area contributed by atoms with Crippen molar-refractivity contribution in [1.29, 1.82) is 0 Å². The molecule has 82 valence electrons. The smallest absolute Gasteiger partial charge is 0.231 e. The normalized spacial score (nSPS) is 10.1. The molecule has 1 aromatic carbocycles. The zero-order valence-corrected chi connectivity index (χ0v) is 9.38. The minimum absolute atomic E-state index is 0.476. The van der Waals surface area contributed by atoms with Gasteiger partial charge in [-0.25, -0.2) is 4.98 Å². The lowest BCUT2D eigenvalue weighted by Crippen LogP contribution is -2.13. The van der Waals surface area contributed by atoms with Gasteiger partial charge in [0.2, 0.25) is 5.95 Å². The summed E-state index contributed by atoms with van der Waals surface area (Å²) >= 11 is 0. The summed E-state index contributed by atoms with van der Waals surface area (Å²) in [5.74, 6) is 1.08. The number of aryl methyl sites for hydroxylation is 1. The van der Waals surface area contributed by atoms with E-state index in [1.165, 1.54) is 5.56 Å². The topological polar surface area (TPSA) is 55.0 Å². The second-order valence-electron chi connectivity index (χ2n) is 3.68. The van der Waals surface area contributed by atoms with Gasteiger partial charge in [-0.15, -0.1) is 0 Å². The maximum atomic E-state index is 5.63. The molecule has 2 rings (SSSR count). The van der Waals surface area contributed by atoms with Crippen LogP contribution in [0, 0.1) is 6.92 Å². The van der Waals surface area contributed by atoms with Gasteiger partial charge in [0.1, 0.15) is 5.82 Å². The third-order valence-corrected chi connectivity index (χ3v) is 2.35. The second kappa shape index (κ2) is 4.18. The molecule has 0 amide bonds. The quantitative estimate of drug-likeness (QED) is 0.832. The summed E-state index contributed by atoms with van der Waals surface area (Å²) < 4.78 is 0. The fraction of sp³-hybridized carbons (Fsp3) is 0.167. The molecule has 0 aliphatic carbocycles. The lowest BCUT2D eigenvalue weighted by molar-refractivity contribution is 1.05. The molecule has 4 heteroatoms. The number of hydrogen-bond donors (Lipinski definition) is 1. The molecule has 4 nitrogen and oxygen atoms in total. The first kappa shape index (κ1) is 10.4. The van der Waals surface area contributed by atoms with Crippen molar-refractivity contribution in [3.8, 4) is 0 Å². The Morgan fingerprint density at radius 2 is 2.06 bits per heavy atom. The zero-order chi connectivity index (χ0) is 11.5. The molecular weight excluding hydrogens is 200 g/mol. The molecule has 0 unspecified atom stereocenters. The maximum absolute atomic E-state index is 5.63. The molecule has 16 heavy (non-hydrogen) atoms. The third kappa shape index (κ3) is 2.11. The Hall–Kier alpha value is -2.10. The molecule has 0 saturated carbocycles. The highest BCUT2D eigenvalue weighted by atomic mass is 15.2. The fourth-order valence-corrected chi connectivity index (χ4v) is 1.48. The summed E-state index contributed by atoms with van der Waals surface area (Å²) in [6.07, 6.45) is 1.66. The first-order valence-electron chi connectivity index (χ1n) is 5.06. The maximum Gasteiger partial charge on any atom is 0.231 e. The highest BCUT2D eigenvalue weighted by molar-refractivity contribution is 5.57. The van der Waals surface area contributed by atoms with Gasteiger partial charge >= 0.3 is 0 Å². The van der Waals surface area contributed by atoms with Gasteiger partial charge in [-0.1, -0.05) is 12.1 Å². The fourth-order valence-electron chi connectivity index (χ4n) is 1.48. The Kier molecular flexibility index (Phi) is 2.72. The molecule has 0 saturated heterocycles. The Morgan fingerprint density at radius 1 is 1.25 bits per heavy atom. The molecule has 0 fully saturated rings. The van der Waals surface area contributed by atoms with E-state index in [-0.39, 0.29) is 0 Å². The monoisotopic (exact) mass is 214 g/mol. The van der Waals surface area contributed by atoms with Crippen LogP contribution in [0.1, 0.15) is 5.56 Å². The van der Waals surface area contributed by atoms with Crippen molar-refractivity contribution >= 4 is 17.5 Å². The van der Waals surface area contributed by atoms with Crippen LogP contribution in [0.5, 0.6) is 0 Å². The lowest BCUT2D eigenvalue weighted by atomic mass is 10.2. The van der Waals surface area contributed by atoms with Crippen LogP contribution in [0.15, 0.2) is 36.5 Å². The van der Waals surface area contributed by atoms with Gasteiger partial charge in [0.15, 0.2) is 0 Å². The van der Waals surface area contributed by atoms with Crippen LogP contribution in [0.25, 0.3) is 0 Å². The van der Waals surface area contributed by atoms with E-state index in [1.54, 1.807) is 12.3 Å². The Balaban J connectivity index is 2.35. The van der Waals surface area contributed by atoms with Gasteiger partial charge in [0.05, 0.1) is 0 Å². The van der Waals surface area contributed by atoms with Gasteiger partial charge in [0, 0.05) is 18.9 Å². The van der Waals surface area contributed by atoms with Crippen molar-refractivity contribution < 1.29 is 0 Å². The average molecular weight is 214 g/mol. The molecule has 1 aromatic heterocycles. The summed E-state index contributed by atoms with van der Waals surface area (Å²) in [7, 11) is 1.92. The number of benzene rings is 1. The molecule has 0 spiro atoms. The molecule has 0 radical (unpaired) electrons. The highest BCUT2D eigenvalue weighted by Gasteiger charge is 2.06. The van der Waals surface area contributed by atoms with E-state index < -0.39 is 0 Å². The predicted molar refractivity (Wildman–Crippen MR) is 65.7 cm³/mol. The van der Waals surface area contributed by atoms with Gasteiger partial charge in [-0.05, 0) is 30.7 Å². The van der Waals surface area contributed by atoms with Crippen LogP contribution in [-0.2, 0) is 0 Å². The number of nitrogens with zero attached hydrogens (tertiary/aromatic N) is 3. The largest absolute Gasteiger partial charge is 0.384 e. The van der Waals surface area contributed by atoms with E-state index >= 15 is 0 Å². The summed E-state index contributed by atoms with van der Waals surface area (Å²) in [4.78, 5) is 10.3. The van der Waals surface area contributed by atoms with E-state index in [9.17, 15) is 0 Å². The van der Waals surface area contributed by atoms with Crippen molar-refractivity contribution in [1.82, 2.24) is 9.97 Å². The van der Waals surface area contributed by atoms with E-state index in [0.717, 1.165) is 5.69 Å². The van der Waals surface area contributed by atoms with Crippen LogP contribution >= 0.6 is 0 Å². The number of anilines is 3. The minimum Gasteiger partial charge on any atom is -0.384 e. The molecule has 0 aliphatic heterocycles. The van der Waals surface area contributed by atoms with E-state index in [1.807, 2.05) is 24.1 Å². The van der Waals surface area contributed by atoms with Crippen LogP contribution < -0.4 is 10.6 Å². The summed E-state index contributed by atoms with van der Waals surface area (Å²) in [5.41, 5.74) is 7.88. The summed E-state index contributed by atoms with van der Waals surface area (Å²) in [5, 5.41) is 0. The summed E-state index contributed by atoms with van der Waals surface area (Å²) in [6, 6.07) is 9.82. The van der Waals surface area contributed by atoms with Crippen LogP contribution in [0.2, 0.25) is 0 Å². The molecule has 2 aromatic rings. The first-order valence-corrected chi connectivity index (χ1v) is 5.06. The second-order valence-corrected chi connectivity index (χ2v) is 3.68. The number of nitrogens with two attached hydrogens (primary N) is 1. The Labute approximate surface area is 94.8 Å². The van der Waals surface area contributed by atoms with Crippen molar-refractivity contribution in [3.05, 3.63) is 42.1 Å². The molecule has 0 aliphatic rings. The van der Waals surface area contributed by atoms with Crippen LogP contribution in [0.4, 0.5) is 17.5 Å². The van der Waals surface area contributed by atoms with Gasteiger partial charge < -0.3 is 10.6 Å². The number of aromatic nitrogens is 2. The zero-order valence-electron chi connectivity index (χ0n) is 9.38. The van der Waals surface area contributed by atoms with E-state index in [0.29, 0.717) is 11.8 Å². The predicted octanol–water partition coefficient (Wildman–Crippen LogP) is 2.14. The average Bonchev–Trinajstić information content (AvgIpc) is 2.28. The van der Waals surface area contributed by atoms with Crippen molar-refractivity contribution in [2.45, 2.75) is 6.92 Å². The SMILES string of the molecule is Cc1cccc(N(C)c2nccc(N)n2)c1. The summed E-state index contributed by atoms with van der Waals surface area (Å²) in [6.45, 7) is 2.05. The molecule has 1 heterocycles.